The van der Waals surface area contributed by atoms with Crippen LogP contribution in [-0.4, -0.2) is 36.9 Å². The highest BCUT2D eigenvalue weighted by Gasteiger charge is 2.23. The molecule has 0 aromatic rings. The van der Waals surface area contributed by atoms with Gasteiger partial charge in [-0.3, -0.25) is 9.59 Å². The van der Waals surface area contributed by atoms with Crippen LogP contribution in [0.2, 0.25) is 0 Å². The number of carbonyl (C=O) groups is 2. The van der Waals surface area contributed by atoms with Crippen molar-refractivity contribution in [3.05, 3.63) is 0 Å². The highest BCUT2D eigenvalue weighted by molar-refractivity contribution is 5.80. The molecule has 2 amide bonds. The molecule has 4 heteroatoms. The Labute approximate surface area is 65.6 Å². The second kappa shape index (κ2) is 3.37. The Kier molecular flexibility index (Phi) is 2.46. The molecule has 0 bridgehead atoms. The van der Waals surface area contributed by atoms with Crippen LogP contribution in [0, 0.1) is 0 Å². The third kappa shape index (κ3) is 3.02. The first kappa shape index (κ1) is 8.04. The van der Waals surface area contributed by atoms with E-state index in [0.717, 1.165) is 12.8 Å². The molecule has 1 N–H and O–H groups in total. The molecule has 1 aliphatic carbocycles. The molecule has 1 fully saturated rings. The number of rotatable bonds is 4. The quantitative estimate of drug-likeness (QED) is 0.550. The van der Waals surface area contributed by atoms with Crippen LogP contribution < -0.4 is 5.32 Å². The molecular formula is C7H12N2O2. The minimum atomic E-state index is -0.0675. The molecule has 62 valence electrons. The molecule has 0 spiro atoms. The largest absolute Gasteiger partial charge is 0.352 e. The summed E-state index contributed by atoms with van der Waals surface area (Å²) in [6, 6.07) is 0.377. The maximum absolute atomic E-state index is 11.0. The van der Waals surface area contributed by atoms with Gasteiger partial charge in [-0.2, -0.15) is 0 Å². The average molecular weight is 156 g/mol. The van der Waals surface area contributed by atoms with E-state index in [1.807, 2.05) is 0 Å². The van der Waals surface area contributed by atoms with E-state index < -0.39 is 0 Å². The molecule has 1 saturated carbocycles. The first-order valence-corrected chi connectivity index (χ1v) is 3.67. The third-order valence-corrected chi connectivity index (χ3v) is 1.52. The van der Waals surface area contributed by atoms with Crippen molar-refractivity contribution in [3.63, 3.8) is 0 Å². The molecule has 0 heterocycles. The van der Waals surface area contributed by atoms with E-state index in [2.05, 4.69) is 5.32 Å². The van der Waals surface area contributed by atoms with Gasteiger partial charge >= 0.3 is 0 Å². The number of likely N-dealkylation sites (N-methyl/N-ethyl adjacent to an activating group) is 1. The summed E-state index contributed by atoms with van der Waals surface area (Å²) in [5.74, 6) is -0.0675. The summed E-state index contributed by atoms with van der Waals surface area (Å²) in [4.78, 5) is 22.4. The van der Waals surface area contributed by atoms with Crippen LogP contribution in [0.3, 0.4) is 0 Å². The fourth-order valence-corrected chi connectivity index (χ4v) is 0.765. The number of nitrogens with one attached hydrogen (secondary N) is 1. The summed E-state index contributed by atoms with van der Waals surface area (Å²) < 4.78 is 0. The maximum atomic E-state index is 11.0. The van der Waals surface area contributed by atoms with Crippen LogP contribution in [0.1, 0.15) is 12.8 Å². The minimum absolute atomic E-state index is 0.0675. The normalized spacial score (nSPS) is 15.7. The second-order valence-corrected chi connectivity index (χ2v) is 2.86. The van der Waals surface area contributed by atoms with Crippen LogP contribution in [-0.2, 0) is 9.59 Å². The Bertz CT molecular complexity index is 166. The second-order valence-electron chi connectivity index (χ2n) is 2.86. The van der Waals surface area contributed by atoms with Gasteiger partial charge in [-0.05, 0) is 12.8 Å². The highest BCUT2D eigenvalue weighted by atomic mass is 16.2. The zero-order valence-electron chi connectivity index (χ0n) is 6.54. The standard InChI is InChI=1S/C7H12N2O2/c1-9(5-10)4-7(11)8-6-2-3-6/h5-6H,2-4H2,1H3,(H,8,11). The fraction of sp³-hybridized carbons (Fsp3) is 0.714. The van der Waals surface area contributed by atoms with Gasteiger partial charge in [0.05, 0.1) is 6.54 Å². The van der Waals surface area contributed by atoms with Crippen molar-refractivity contribution in [3.8, 4) is 0 Å². The lowest BCUT2D eigenvalue weighted by Gasteiger charge is -2.09. The predicted molar refractivity (Wildman–Crippen MR) is 39.9 cm³/mol. The van der Waals surface area contributed by atoms with Gasteiger partial charge in [-0.25, -0.2) is 0 Å². The topological polar surface area (TPSA) is 49.4 Å². The smallest absolute Gasteiger partial charge is 0.239 e. The Morgan fingerprint density at radius 1 is 1.73 bits per heavy atom. The SMILES string of the molecule is CN(C=O)CC(=O)NC1CC1. The van der Waals surface area contributed by atoms with Gasteiger partial charge in [0.2, 0.25) is 12.3 Å². The first-order chi connectivity index (χ1) is 5.22. The lowest BCUT2D eigenvalue weighted by Crippen LogP contribution is -2.35. The zero-order valence-corrected chi connectivity index (χ0v) is 6.54. The fourth-order valence-electron chi connectivity index (χ4n) is 0.765. The van der Waals surface area contributed by atoms with Gasteiger partial charge in [0, 0.05) is 13.1 Å². The van der Waals surface area contributed by atoms with Gasteiger partial charge < -0.3 is 10.2 Å². The monoisotopic (exact) mass is 156 g/mol. The highest BCUT2D eigenvalue weighted by Crippen LogP contribution is 2.18. The summed E-state index contributed by atoms with van der Waals surface area (Å²) in [7, 11) is 1.58. The summed E-state index contributed by atoms with van der Waals surface area (Å²) in [5, 5.41) is 2.78. The van der Waals surface area contributed by atoms with E-state index in [-0.39, 0.29) is 12.5 Å². The maximum Gasteiger partial charge on any atom is 0.239 e. The molecule has 0 aromatic carbocycles. The Morgan fingerprint density at radius 3 is 2.82 bits per heavy atom. The van der Waals surface area contributed by atoms with Crippen LogP contribution in [0.5, 0.6) is 0 Å². The van der Waals surface area contributed by atoms with Crippen molar-refractivity contribution in [2.45, 2.75) is 18.9 Å². The van der Waals surface area contributed by atoms with E-state index in [4.69, 9.17) is 0 Å². The average Bonchev–Trinajstić information content (AvgIpc) is 2.71. The molecular weight excluding hydrogens is 144 g/mol. The third-order valence-electron chi connectivity index (χ3n) is 1.52. The van der Waals surface area contributed by atoms with Crippen molar-refractivity contribution in [1.82, 2.24) is 10.2 Å². The van der Waals surface area contributed by atoms with Crippen molar-refractivity contribution in [2.75, 3.05) is 13.6 Å². The van der Waals surface area contributed by atoms with Crippen molar-refractivity contribution < 1.29 is 9.59 Å². The van der Waals surface area contributed by atoms with E-state index in [0.29, 0.717) is 12.5 Å². The minimum Gasteiger partial charge on any atom is -0.352 e. The summed E-state index contributed by atoms with van der Waals surface area (Å²) in [6.07, 6.45) is 2.81. The summed E-state index contributed by atoms with van der Waals surface area (Å²) >= 11 is 0. The lowest BCUT2D eigenvalue weighted by atomic mass is 10.5. The molecule has 0 unspecified atom stereocenters. The van der Waals surface area contributed by atoms with E-state index >= 15 is 0 Å². The zero-order chi connectivity index (χ0) is 8.27. The van der Waals surface area contributed by atoms with Gasteiger partial charge in [0.15, 0.2) is 0 Å². The summed E-state index contributed by atoms with van der Waals surface area (Å²) in [6.45, 7) is 0.167. The van der Waals surface area contributed by atoms with Gasteiger partial charge in [0.1, 0.15) is 0 Å². The van der Waals surface area contributed by atoms with Crippen LogP contribution in [0.15, 0.2) is 0 Å². The predicted octanol–water partition coefficient (Wildman–Crippen LogP) is -0.647. The van der Waals surface area contributed by atoms with E-state index in [1.54, 1.807) is 7.05 Å². The first-order valence-electron chi connectivity index (χ1n) is 3.67. The van der Waals surface area contributed by atoms with Crippen molar-refractivity contribution in [2.24, 2.45) is 0 Å². The number of carbonyl (C=O) groups excluding carboxylic acids is 2. The van der Waals surface area contributed by atoms with Crippen LogP contribution in [0.4, 0.5) is 0 Å². The number of hydrogen-bond acceptors (Lipinski definition) is 2. The molecule has 1 aliphatic rings. The Hall–Kier alpha value is -1.06. The molecule has 0 radical (unpaired) electrons. The van der Waals surface area contributed by atoms with Gasteiger partial charge in [-0.1, -0.05) is 0 Å². The molecule has 1 rings (SSSR count). The Morgan fingerprint density at radius 2 is 2.36 bits per heavy atom. The molecule has 0 aromatic heterocycles. The molecule has 0 aliphatic heterocycles. The van der Waals surface area contributed by atoms with Gasteiger partial charge in [0.25, 0.3) is 0 Å². The van der Waals surface area contributed by atoms with Crippen molar-refractivity contribution >= 4 is 12.3 Å². The number of nitrogens with zero attached hydrogens (tertiary/aromatic N) is 1. The number of hydrogen-bond donors (Lipinski definition) is 1. The molecule has 11 heavy (non-hydrogen) atoms. The van der Waals surface area contributed by atoms with Crippen molar-refractivity contribution in [1.29, 1.82) is 0 Å². The van der Waals surface area contributed by atoms with Crippen LogP contribution >= 0.6 is 0 Å². The molecule has 0 saturated heterocycles. The van der Waals surface area contributed by atoms with E-state index in [1.165, 1.54) is 4.90 Å². The lowest BCUT2D eigenvalue weighted by molar-refractivity contribution is -0.127. The number of amides is 2. The molecule has 0 atom stereocenters. The van der Waals surface area contributed by atoms with E-state index in [9.17, 15) is 9.59 Å². The van der Waals surface area contributed by atoms with Gasteiger partial charge in [-0.15, -0.1) is 0 Å². The molecule has 4 nitrogen and oxygen atoms in total. The summed E-state index contributed by atoms with van der Waals surface area (Å²) in [5.41, 5.74) is 0. The van der Waals surface area contributed by atoms with Crippen LogP contribution in [0.25, 0.3) is 0 Å². The Balaban J connectivity index is 2.13.